The van der Waals surface area contributed by atoms with Gasteiger partial charge >= 0.3 is 5.97 Å². The van der Waals surface area contributed by atoms with Crippen molar-refractivity contribution in [3.05, 3.63) is 35.4 Å². The van der Waals surface area contributed by atoms with Crippen LogP contribution in [0.25, 0.3) is 0 Å². The van der Waals surface area contributed by atoms with Gasteiger partial charge in [-0.1, -0.05) is 38.1 Å². The number of likely N-dealkylation sites (tertiary alicyclic amines) is 1. The lowest BCUT2D eigenvalue weighted by Gasteiger charge is -2.35. The molecule has 1 saturated heterocycles. The molecule has 0 aromatic heterocycles. The van der Waals surface area contributed by atoms with Gasteiger partial charge in [0.15, 0.2) is 0 Å². The van der Waals surface area contributed by atoms with Crippen molar-refractivity contribution in [2.24, 2.45) is 11.8 Å². The summed E-state index contributed by atoms with van der Waals surface area (Å²) in [5.74, 6) is 0.118. The number of carboxylic acid groups (broad SMARTS) is 1. The summed E-state index contributed by atoms with van der Waals surface area (Å²) in [5.41, 5.74) is 2.74. The highest BCUT2D eigenvalue weighted by Crippen LogP contribution is 2.27. The molecule has 2 unspecified atom stereocenters. The fraction of sp³-hybridized carbons (Fsp3) is 0.611. The molecule has 0 aliphatic carbocycles. The topological polar surface area (TPSA) is 40.5 Å². The van der Waals surface area contributed by atoms with Gasteiger partial charge in [0.1, 0.15) is 0 Å². The van der Waals surface area contributed by atoms with E-state index in [1.54, 1.807) is 0 Å². The first-order valence-electron chi connectivity index (χ1n) is 8.10. The van der Waals surface area contributed by atoms with E-state index in [1.807, 2.05) is 0 Å². The number of aryl methyl sites for hydroxylation is 1. The number of benzene rings is 1. The molecule has 0 amide bonds. The predicted octanol–water partition coefficient (Wildman–Crippen LogP) is 3.57. The molecule has 0 saturated carbocycles. The van der Waals surface area contributed by atoms with Crippen LogP contribution in [0.1, 0.15) is 44.2 Å². The zero-order chi connectivity index (χ0) is 15.2. The quantitative estimate of drug-likeness (QED) is 0.870. The summed E-state index contributed by atoms with van der Waals surface area (Å²) >= 11 is 0. The zero-order valence-electron chi connectivity index (χ0n) is 13.2. The summed E-state index contributed by atoms with van der Waals surface area (Å²) in [6, 6.07) is 8.87. The van der Waals surface area contributed by atoms with E-state index < -0.39 is 5.97 Å². The van der Waals surface area contributed by atoms with Gasteiger partial charge in [-0.15, -0.1) is 0 Å². The molecule has 1 heterocycles. The lowest BCUT2D eigenvalue weighted by Crippen LogP contribution is -2.37. The fourth-order valence-corrected chi connectivity index (χ4v) is 3.28. The summed E-state index contributed by atoms with van der Waals surface area (Å²) in [6.45, 7) is 7.41. The van der Waals surface area contributed by atoms with Crippen molar-refractivity contribution in [3.63, 3.8) is 0 Å². The van der Waals surface area contributed by atoms with Crippen LogP contribution in [-0.4, -0.2) is 29.1 Å². The molecule has 1 aromatic carbocycles. The third kappa shape index (κ3) is 4.85. The third-order valence-electron chi connectivity index (χ3n) is 4.68. The molecule has 1 aliphatic rings. The Bertz CT molecular complexity index is 455. The van der Waals surface area contributed by atoms with Gasteiger partial charge in [-0.3, -0.25) is 9.69 Å². The molecule has 1 fully saturated rings. The molecule has 1 aliphatic heterocycles. The minimum Gasteiger partial charge on any atom is -0.481 e. The predicted molar refractivity (Wildman–Crippen MR) is 85.2 cm³/mol. The lowest BCUT2D eigenvalue weighted by atomic mass is 9.84. The second kappa shape index (κ2) is 7.60. The van der Waals surface area contributed by atoms with Gasteiger partial charge in [0.05, 0.1) is 0 Å². The zero-order valence-corrected chi connectivity index (χ0v) is 13.2. The fourth-order valence-electron chi connectivity index (χ4n) is 3.28. The Balaban J connectivity index is 1.89. The van der Waals surface area contributed by atoms with E-state index in [0.29, 0.717) is 12.3 Å². The lowest BCUT2D eigenvalue weighted by molar-refractivity contribution is -0.138. The highest BCUT2D eigenvalue weighted by Gasteiger charge is 2.25. The molecular weight excluding hydrogens is 262 g/mol. The van der Waals surface area contributed by atoms with Gasteiger partial charge in [-0.2, -0.15) is 0 Å². The van der Waals surface area contributed by atoms with E-state index in [4.69, 9.17) is 5.11 Å². The van der Waals surface area contributed by atoms with Gasteiger partial charge < -0.3 is 5.11 Å². The maximum atomic E-state index is 10.9. The van der Waals surface area contributed by atoms with Gasteiger partial charge in [-0.05, 0) is 48.8 Å². The van der Waals surface area contributed by atoms with Crippen LogP contribution in [0.3, 0.4) is 0 Å². The molecule has 21 heavy (non-hydrogen) atoms. The number of aliphatic carboxylic acids is 1. The molecule has 2 rings (SSSR count). The minimum absolute atomic E-state index is 0.271. The molecule has 1 aromatic rings. The van der Waals surface area contributed by atoms with E-state index >= 15 is 0 Å². The Morgan fingerprint density at radius 1 is 1.33 bits per heavy atom. The largest absolute Gasteiger partial charge is 0.481 e. The maximum absolute atomic E-state index is 10.9. The van der Waals surface area contributed by atoms with Crippen molar-refractivity contribution in [1.82, 2.24) is 4.90 Å². The summed E-state index contributed by atoms with van der Waals surface area (Å²) < 4.78 is 0. The number of rotatable bonds is 6. The average Bonchev–Trinajstić information content (AvgIpc) is 2.47. The van der Waals surface area contributed by atoms with E-state index in [0.717, 1.165) is 26.1 Å². The number of piperidine rings is 1. The van der Waals surface area contributed by atoms with Crippen LogP contribution in [0.15, 0.2) is 24.3 Å². The first kappa shape index (κ1) is 16.0. The van der Waals surface area contributed by atoms with Crippen molar-refractivity contribution in [2.75, 3.05) is 13.1 Å². The normalized spacial score (nSPS) is 21.1. The SMILES string of the molecule is CCc1ccc(CN2CCCC(C(C)CC(=O)O)C2)cc1. The van der Waals surface area contributed by atoms with Crippen molar-refractivity contribution in [3.8, 4) is 0 Å². The van der Waals surface area contributed by atoms with E-state index in [9.17, 15) is 4.79 Å². The van der Waals surface area contributed by atoms with E-state index in [-0.39, 0.29) is 5.92 Å². The van der Waals surface area contributed by atoms with Crippen molar-refractivity contribution in [2.45, 2.75) is 46.1 Å². The Morgan fingerprint density at radius 2 is 2.00 bits per heavy atom. The number of carboxylic acids is 1. The van der Waals surface area contributed by atoms with Crippen LogP contribution < -0.4 is 0 Å². The van der Waals surface area contributed by atoms with Crippen LogP contribution in [0.2, 0.25) is 0 Å². The first-order chi connectivity index (χ1) is 10.1. The molecule has 3 nitrogen and oxygen atoms in total. The second-order valence-corrected chi connectivity index (χ2v) is 6.38. The van der Waals surface area contributed by atoms with Gasteiger partial charge in [0.25, 0.3) is 0 Å². The Morgan fingerprint density at radius 3 is 2.62 bits per heavy atom. The highest BCUT2D eigenvalue weighted by molar-refractivity contribution is 5.67. The molecule has 0 radical (unpaired) electrons. The number of hydrogen-bond acceptors (Lipinski definition) is 2. The van der Waals surface area contributed by atoms with Crippen LogP contribution in [0.5, 0.6) is 0 Å². The van der Waals surface area contributed by atoms with Crippen molar-refractivity contribution >= 4 is 5.97 Å². The smallest absolute Gasteiger partial charge is 0.303 e. The average molecular weight is 289 g/mol. The number of nitrogens with zero attached hydrogens (tertiary/aromatic N) is 1. The standard InChI is InChI=1S/C18H27NO2/c1-3-15-6-8-16(9-7-15)12-19-10-4-5-17(13-19)14(2)11-18(20)21/h6-9,14,17H,3-5,10-13H2,1-2H3,(H,20,21). The van der Waals surface area contributed by atoms with Gasteiger partial charge in [0, 0.05) is 19.5 Å². The monoisotopic (exact) mass is 289 g/mol. The Hall–Kier alpha value is -1.35. The van der Waals surface area contributed by atoms with Crippen LogP contribution >= 0.6 is 0 Å². The molecular formula is C18H27NO2. The summed E-state index contributed by atoms with van der Waals surface area (Å²) in [6.07, 6.45) is 3.73. The van der Waals surface area contributed by atoms with Gasteiger partial charge in [-0.25, -0.2) is 0 Å². The van der Waals surface area contributed by atoms with E-state index in [1.165, 1.54) is 24.0 Å². The van der Waals surface area contributed by atoms with Crippen LogP contribution in [-0.2, 0) is 17.8 Å². The molecule has 0 spiro atoms. The summed E-state index contributed by atoms with van der Waals surface area (Å²) in [7, 11) is 0. The number of carbonyl (C=O) groups is 1. The first-order valence-corrected chi connectivity index (χ1v) is 8.10. The molecule has 1 N–H and O–H groups in total. The third-order valence-corrected chi connectivity index (χ3v) is 4.68. The highest BCUT2D eigenvalue weighted by atomic mass is 16.4. The van der Waals surface area contributed by atoms with Crippen molar-refractivity contribution in [1.29, 1.82) is 0 Å². The number of hydrogen-bond donors (Lipinski definition) is 1. The second-order valence-electron chi connectivity index (χ2n) is 6.38. The Labute approximate surface area is 128 Å². The molecule has 116 valence electrons. The summed E-state index contributed by atoms with van der Waals surface area (Å²) in [5, 5.41) is 8.95. The molecule has 3 heteroatoms. The Kier molecular flexibility index (Phi) is 5.80. The van der Waals surface area contributed by atoms with Crippen LogP contribution in [0.4, 0.5) is 0 Å². The molecule has 0 bridgehead atoms. The van der Waals surface area contributed by atoms with Crippen LogP contribution in [0, 0.1) is 11.8 Å². The maximum Gasteiger partial charge on any atom is 0.303 e. The molecule has 2 atom stereocenters. The van der Waals surface area contributed by atoms with Gasteiger partial charge in [0.2, 0.25) is 0 Å². The summed E-state index contributed by atoms with van der Waals surface area (Å²) in [4.78, 5) is 13.4. The van der Waals surface area contributed by atoms with E-state index in [2.05, 4.69) is 43.0 Å². The van der Waals surface area contributed by atoms with Crippen molar-refractivity contribution < 1.29 is 9.90 Å². The minimum atomic E-state index is -0.672.